The van der Waals surface area contributed by atoms with E-state index in [1.54, 1.807) is 18.5 Å². The topological polar surface area (TPSA) is 83.0 Å². The molecule has 0 N–H and O–H groups in total. The molecule has 152 valence electrons. The van der Waals surface area contributed by atoms with Crippen LogP contribution in [0, 0.1) is 6.92 Å². The van der Waals surface area contributed by atoms with Gasteiger partial charge in [-0.1, -0.05) is 29.8 Å². The minimum absolute atomic E-state index is 0.0917. The van der Waals surface area contributed by atoms with E-state index in [0.29, 0.717) is 11.5 Å². The second-order valence-electron chi connectivity index (χ2n) is 7.10. The van der Waals surface area contributed by atoms with Gasteiger partial charge in [-0.15, -0.1) is 10.2 Å². The molecule has 0 aliphatic heterocycles. The largest absolute Gasteiger partial charge is 0.452 e. The van der Waals surface area contributed by atoms with E-state index in [4.69, 9.17) is 9.15 Å². The number of aryl methyl sites for hydroxylation is 1. The minimum atomic E-state index is -0.461. The summed E-state index contributed by atoms with van der Waals surface area (Å²) < 4.78 is 12.9. The first-order valence-corrected chi connectivity index (χ1v) is 9.76. The molecule has 0 unspecified atom stereocenters. The molecule has 0 atom stereocenters. The molecular weight excluding hydrogens is 392 g/mol. The van der Waals surface area contributed by atoms with Crippen molar-refractivity contribution in [1.29, 1.82) is 0 Å². The molecule has 0 amide bonds. The van der Waals surface area contributed by atoms with Gasteiger partial charge in [0.1, 0.15) is 6.33 Å². The van der Waals surface area contributed by atoms with Crippen LogP contribution in [-0.2, 0) is 11.3 Å². The number of aromatic nitrogens is 4. The SMILES string of the molecule is Cc1cccc(-c2nnc(COC(=O)c3ccc(-n4cnc5ccccc54)cc3)o2)c1. The fourth-order valence-electron chi connectivity index (χ4n) is 3.34. The number of ether oxygens (including phenoxy) is 1. The van der Waals surface area contributed by atoms with Crippen molar-refractivity contribution in [2.45, 2.75) is 13.5 Å². The molecule has 7 heteroatoms. The second-order valence-corrected chi connectivity index (χ2v) is 7.10. The number of imidazole rings is 1. The Hall–Kier alpha value is -4.26. The van der Waals surface area contributed by atoms with E-state index in [1.807, 2.05) is 72.2 Å². The Labute approximate surface area is 177 Å². The first kappa shape index (κ1) is 18.7. The molecule has 0 aliphatic carbocycles. The zero-order valence-electron chi connectivity index (χ0n) is 16.7. The summed E-state index contributed by atoms with van der Waals surface area (Å²) in [7, 11) is 0. The number of carbonyl (C=O) groups excluding carboxylic acids is 1. The Morgan fingerprint density at radius 3 is 2.68 bits per heavy atom. The van der Waals surface area contributed by atoms with Crippen LogP contribution in [0.15, 0.2) is 83.5 Å². The number of para-hydroxylation sites is 2. The van der Waals surface area contributed by atoms with E-state index >= 15 is 0 Å². The number of rotatable bonds is 5. The van der Waals surface area contributed by atoms with Crippen molar-refractivity contribution in [3.8, 4) is 17.1 Å². The summed E-state index contributed by atoms with van der Waals surface area (Å²) in [4.78, 5) is 16.8. The molecule has 0 aliphatic rings. The smallest absolute Gasteiger partial charge is 0.338 e. The summed E-state index contributed by atoms with van der Waals surface area (Å²) in [5.74, 6) is 0.176. The van der Waals surface area contributed by atoms with Crippen LogP contribution in [0.5, 0.6) is 0 Å². The van der Waals surface area contributed by atoms with Crippen LogP contribution in [0.2, 0.25) is 0 Å². The van der Waals surface area contributed by atoms with Crippen LogP contribution in [0.3, 0.4) is 0 Å². The average Bonchev–Trinajstić information content (AvgIpc) is 3.45. The third kappa shape index (κ3) is 3.81. The number of benzene rings is 3. The van der Waals surface area contributed by atoms with Gasteiger partial charge in [-0.3, -0.25) is 4.57 Å². The lowest BCUT2D eigenvalue weighted by Crippen LogP contribution is -2.05. The highest BCUT2D eigenvalue weighted by atomic mass is 16.5. The van der Waals surface area contributed by atoms with Gasteiger partial charge < -0.3 is 9.15 Å². The fraction of sp³-hybridized carbons (Fsp3) is 0.0833. The monoisotopic (exact) mass is 410 g/mol. The third-order valence-electron chi connectivity index (χ3n) is 4.89. The van der Waals surface area contributed by atoms with Crippen molar-refractivity contribution in [2.24, 2.45) is 0 Å². The van der Waals surface area contributed by atoms with Gasteiger partial charge in [0, 0.05) is 11.3 Å². The van der Waals surface area contributed by atoms with Crippen molar-refractivity contribution >= 4 is 17.0 Å². The van der Waals surface area contributed by atoms with Gasteiger partial charge >= 0.3 is 5.97 Å². The Balaban J connectivity index is 1.26. The Morgan fingerprint density at radius 2 is 1.84 bits per heavy atom. The molecule has 0 bridgehead atoms. The van der Waals surface area contributed by atoms with Crippen LogP contribution < -0.4 is 0 Å². The Bertz CT molecular complexity index is 1370. The summed E-state index contributed by atoms with van der Waals surface area (Å²) in [6.07, 6.45) is 1.76. The predicted molar refractivity (Wildman–Crippen MR) is 115 cm³/mol. The molecule has 5 rings (SSSR count). The summed E-state index contributed by atoms with van der Waals surface area (Å²) in [5, 5.41) is 7.99. The summed E-state index contributed by atoms with van der Waals surface area (Å²) in [5.41, 5.74) is 5.18. The molecule has 2 aromatic heterocycles. The highest BCUT2D eigenvalue weighted by Crippen LogP contribution is 2.20. The predicted octanol–water partition coefficient (Wildman–Crippen LogP) is 4.74. The van der Waals surface area contributed by atoms with E-state index in [1.165, 1.54) is 0 Å². The van der Waals surface area contributed by atoms with Gasteiger partial charge in [-0.05, 0) is 55.5 Å². The number of hydrogen-bond acceptors (Lipinski definition) is 6. The zero-order chi connectivity index (χ0) is 21.2. The highest BCUT2D eigenvalue weighted by molar-refractivity contribution is 5.89. The van der Waals surface area contributed by atoms with Crippen molar-refractivity contribution in [3.63, 3.8) is 0 Å². The van der Waals surface area contributed by atoms with Gasteiger partial charge in [0.15, 0.2) is 6.61 Å². The lowest BCUT2D eigenvalue weighted by atomic mass is 10.1. The Kier molecular flexibility index (Phi) is 4.76. The van der Waals surface area contributed by atoms with Gasteiger partial charge in [-0.2, -0.15) is 0 Å². The van der Waals surface area contributed by atoms with E-state index in [-0.39, 0.29) is 12.5 Å². The normalized spacial score (nSPS) is 11.0. The number of esters is 1. The van der Waals surface area contributed by atoms with Crippen LogP contribution in [0.1, 0.15) is 21.8 Å². The molecule has 0 spiro atoms. The van der Waals surface area contributed by atoms with Crippen LogP contribution in [0.25, 0.3) is 28.2 Å². The lowest BCUT2D eigenvalue weighted by molar-refractivity contribution is 0.0438. The number of fused-ring (bicyclic) bond motifs is 1. The van der Waals surface area contributed by atoms with Crippen molar-refractivity contribution in [3.05, 3.63) is 96.1 Å². The van der Waals surface area contributed by atoms with Gasteiger partial charge in [-0.25, -0.2) is 9.78 Å². The molecule has 2 heterocycles. The molecular formula is C24H18N4O3. The maximum Gasteiger partial charge on any atom is 0.338 e. The molecule has 0 saturated heterocycles. The number of hydrogen-bond donors (Lipinski definition) is 0. The minimum Gasteiger partial charge on any atom is -0.452 e. The maximum atomic E-state index is 12.4. The van der Waals surface area contributed by atoms with Crippen LogP contribution in [-0.4, -0.2) is 25.7 Å². The summed E-state index contributed by atoms with van der Waals surface area (Å²) in [6, 6.07) is 22.8. The third-order valence-corrected chi connectivity index (χ3v) is 4.89. The fourth-order valence-corrected chi connectivity index (χ4v) is 3.34. The van der Waals surface area contributed by atoms with E-state index in [0.717, 1.165) is 27.8 Å². The highest BCUT2D eigenvalue weighted by Gasteiger charge is 2.13. The number of nitrogens with zero attached hydrogens (tertiary/aromatic N) is 4. The quantitative estimate of drug-likeness (QED) is 0.389. The van der Waals surface area contributed by atoms with Crippen LogP contribution in [0.4, 0.5) is 0 Å². The van der Waals surface area contributed by atoms with Crippen LogP contribution >= 0.6 is 0 Å². The summed E-state index contributed by atoms with van der Waals surface area (Å²) in [6.45, 7) is 1.90. The maximum absolute atomic E-state index is 12.4. The molecule has 7 nitrogen and oxygen atoms in total. The van der Waals surface area contributed by atoms with Crippen molar-refractivity contribution in [1.82, 2.24) is 19.7 Å². The molecule has 0 radical (unpaired) electrons. The summed E-state index contributed by atoms with van der Waals surface area (Å²) >= 11 is 0. The van der Waals surface area contributed by atoms with Crippen molar-refractivity contribution in [2.75, 3.05) is 0 Å². The van der Waals surface area contributed by atoms with Crippen molar-refractivity contribution < 1.29 is 13.9 Å². The molecule has 0 fully saturated rings. The van der Waals surface area contributed by atoms with E-state index in [9.17, 15) is 4.79 Å². The van der Waals surface area contributed by atoms with Gasteiger partial charge in [0.2, 0.25) is 5.89 Å². The van der Waals surface area contributed by atoms with Gasteiger partial charge in [0.05, 0.1) is 16.6 Å². The number of carbonyl (C=O) groups is 1. The zero-order valence-corrected chi connectivity index (χ0v) is 16.7. The lowest BCUT2D eigenvalue weighted by Gasteiger charge is -2.06. The first-order chi connectivity index (χ1) is 15.2. The molecule has 3 aromatic carbocycles. The molecule has 5 aromatic rings. The molecule has 31 heavy (non-hydrogen) atoms. The Morgan fingerprint density at radius 1 is 1.00 bits per heavy atom. The van der Waals surface area contributed by atoms with Gasteiger partial charge in [0.25, 0.3) is 5.89 Å². The molecule has 0 saturated carbocycles. The first-order valence-electron chi connectivity index (χ1n) is 9.76. The van der Waals surface area contributed by atoms with E-state index in [2.05, 4.69) is 15.2 Å². The standard InChI is InChI=1S/C24H18N4O3/c1-16-5-4-6-18(13-16)23-27-26-22(31-23)14-30-24(29)17-9-11-19(12-10-17)28-15-25-20-7-2-3-8-21(20)28/h2-13,15H,14H2,1H3. The second kappa shape index (κ2) is 7.87. The average molecular weight is 410 g/mol. The van der Waals surface area contributed by atoms with E-state index < -0.39 is 5.97 Å².